The van der Waals surface area contributed by atoms with Crippen LogP contribution in [0.15, 0.2) is 34.9 Å². The van der Waals surface area contributed by atoms with Gasteiger partial charge in [0.05, 0.1) is 11.6 Å². The molecule has 1 aromatic carbocycles. The number of hydrogen-bond donors (Lipinski definition) is 0. The molecule has 4 nitrogen and oxygen atoms in total. The van der Waals surface area contributed by atoms with E-state index in [1.54, 1.807) is 0 Å². The summed E-state index contributed by atoms with van der Waals surface area (Å²) >= 11 is 0. The minimum atomic E-state index is -0.170. The number of nitrogens with zero attached hydrogens (tertiary/aromatic N) is 2. The van der Waals surface area contributed by atoms with Gasteiger partial charge in [-0.25, -0.2) is 0 Å². The van der Waals surface area contributed by atoms with Crippen LogP contribution in [0.5, 0.6) is 0 Å². The monoisotopic (exact) mass is 242 g/mol. The van der Waals surface area contributed by atoms with E-state index in [1.807, 2.05) is 44.2 Å². The molecular weight excluding hydrogens is 228 g/mol. The van der Waals surface area contributed by atoms with Crippen LogP contribution in [0.4, 0.5) is 0 Å². The Balaban J connectivity index is 2.41. The van der Waals surface area contributed by atoms with Crippen LogP contribution >= 0.6 is 0 Å². The molecule has 0 radical (unpaired) electrons. The molecule has 1 heterocycles. The highest BCUT2D eigenvalue weighted by Crippen LogP contribution is 2.22. The molecule has 2 rings (SSSR count). The van der Waals surface area contributed by atoms with Crippen LogP contribution in [-0.2, 0) is 0 Å². The van der Waals surface area contributed by atoms with Crippen molar-refractivity contribution in [3.63, 3.8) is 0 Å². The molecule has 0 bridgehead atoms. The number of benzene rings is 1. The maximum absolute atomic E-state index is 12.4. The van der Waals surface area contributed by atoms with Gasteiger partial charge >= 0.3 is 0 Å². The van der Waals surface area contributed by atoms with E-state index in [0.29, 0.717) is 11.1 Å². The van der Waals surface area contributed by atoms with Gasteiger partial charge in [-0.3, -0.25) is 4.79 Å². The molecule has 18 heavy (non-hydrogen) atoms. The predicted molar refractivity (Wildman–Crippen MR) is 68.0 cm³/mol. The molecule has 1 aromatic heterocycles. The van der Waals surface area contributed by atoms with Crippen molar-refractivity contribution >= 4 is 16.9 Å². The lowest BCUT2D eigenvalue weighted by Gasteiger charge is -2.23. The molecular formula is C14H14N2O2. The molecule has 0 aliphatic carbocycles. The molecule has 0 saturated heterocycles. The lowest BCUT2D eigenvalue weighted by Crippen LogP contribution is -2.37. The quantitative estimate of drug-likeness (QED) is 0.777. The molecule has 0 aliphatic heterocycles. The number of furan rings is 1. The van der Waals surface area contributed by atoms with Crippen molar-refractivity contribution in [1.82, 2.24) is 4.90 Å². The summed E-state index contributed by atoms with van der Waals surface area (Å²) in [6.45, 7) is 3.85. The Morgan fingerprint density at radius 1 is 1.44 bits per heavy atom. The van der Waals surface area contributed by atoms with Crippen molar-refractivity contribution in [3.05, 3.63) is 36.1 Å². The largest absolute Gasteiger partial charge is 0.463 e. The summed E-state index contributed by atoms with van der Waals surface area (Å²) in [5.41, 5.74) is 1.19. The highest BCUT2D eigenvalue weighted by atomic mass is 16.3. The Morgan fingerprint density at radius 3 is 2.83 bits per heavy atom. The smallest absolute Gasteiger partial charge is 0.258 e. The number of carbonyl (C=O) groups excluding carboxylic acids is 1. The number of fused-ring (bicyclic) bond motifs is 1. The second kappa shape index (κ2) is 4.92. The van der Waals surface area contributed by atoms with Crippen LogP contribution in [0.1, 0.15) is 24.2 Å². The molecule has 0 unspecified atom stereocenters. The summed E-state index contributed by atoms with van der Waals surface area (Å²) in [6.07, 6.45) is 1.46. The van der Waals surface area contributed by atoms with E-state index in [0.717, 1.165) is 5.39 Å². The molecule has 0 aliphatic rings. The molecule has 2 aromatic rings. The topological polar surface area (TPSA) is 57.2 Å². The zero-order valence-electron chi connectivity index (χ0n) is 10.4. The molecule has 92 valence electrons. The predicted octanol–water partition coefficient (Wildman–Crippen LogP) is 2.81. The van der Waals surface area contributed by atoms with Gasteiger partial charge in [0, 0.05) is 11.4 Å². The van der Waals surface area contributed by atoms with E-state index in [9.17, 15) is 4.79 Å². The fourth-order valence-electron chi connectivity index (χ4n) is 1.86. The molecule has 0 spiro atoms. The van der Waals surface area contributed by atoms with Gasteiger partial charge in [0.15, 0.2) is 0 Å². The van der Waals surface area contributed by atoms with Gasteiger partial charge in [0.25, 0.3) is 5.91 Å². The van der Waals surface area contributed by atoms with E-state index in [1.165, 1.54) is 11.2 Å². The highest BCUT2D eigenvalue weighted by Gasteiger charge is 2.21. The highest BCUT2D eigenvalue weighted by molar-refractivity contribution is 6.06. The third-order valence-electron chi connectivity index (χ3n) is 2.84. The van der Waals surface area contributed by atoms with Gasteiger partial charge in [-0.1, -0.05) is 18.2 Å². The van der Waals surface area contributed by atoms with Crippen molar-refractivity contribution < 1.29 is 9.21 Å². The average molecular weight is 242 g/mol. The number of nitriles is 1. The lowest BCUT2D eigenvalue weighted by atomic mass is 10.1. The first-order valence-corrected chi connectivity index (χ1v) is 5.79. The minimum Gasteiger partial charge on any atom is -0.463 e. The minimum absolute atomic E-state index is 0.0224. The lowest BCUT2D eigenvalue weighted by molar-refractivity contribution is 0.0732. The Hall–Kier alpha value is -2.28. The van der Waals surface area contributed by atoms with Crippen molar-refractivity contribution in [3.8, 4) is 6.07 Å². The van der Waals surface area contributed by atoms with E-state index in [-0.39, 0.29) is 18.5 Å². The van der Waals surface area contributed by atoms with Crippen molar-refractivity contribution in [2.45, 2.75) is 19.9 Å². The van der Waals surface area contributed by atoms with E-state index in [4.69, 9.17) is 9.68 Å². The Kier molecular flexibility index (Phi) is 3.33. The van der Waals surface area contributed by atoms with Crippen LogP contribution in [0.3, 0.4) is 0 Å². The first kappa shape index (κ1) is 12.2. The second-order valence-electron chi connectivity index (χ2n) is 4.33. The van der Waals surface area contributed by atoms with Gasteiger partial charge in [-0.15, -0.1) is 0 Å². The maximum atomic E-state index is 12.4. The van der Waals surface area contributed by atoms with Crippen molar-refractivity contribution in [2.75, 3.05) is 6.54 Å². The molecule has 0 N–H and O–H groups in total. The fraction of sp³-hybridized carbons (Fsp3) is 0.286. The van der Waals surface area contributed by atoms with Gasteiger partial charge < -0.3 is 9.32 Å². The first-order chi connectivity index (χ1) is 8.65. The third kappa shape index (κ3) is 2.07. The Bertz CT molecular complexity index is 608. The molecule has 0 saturated carbocycles. The zero-order chi connectivity index (χ0) is 13.1. The third-order valence-corrected chi connectivity index (χ3v) is 2.84. The number of para-hydroxylation sites is 1. The van der Waals surface area contributed by atoms with Crippen LogP contribution in [-0.4, -0.2) is 23.4 Å². The number of carbonyl (C=O) groups is 1. The molecule has 4 heteroatoms. The summed E-state index contributed by atoms with van der Waals surface area (Å²) < 4.78 is 5.35. The zero-order valence-corrected chi connectivity index (χ0v) is 10.4. The van der Waals surface area contributed by atoms with E-state index in [2.05, 4.69) is 0 Å². The van der Waals surface area contributed by atoms with Gasteiger partial charge in [0.2, 0.25) is 0 Å². The molecule has 1 amide bonds. The summed E-state index contributed by atoms with van der Waals surface area (Å²) in [4.78, 5) is 13.9. The van der Waals surface area contributed by atoms with E-state index >= 15 is 0 Å². The number of amides is 1. The fourth-order valence-corrected chi connectivity index (χ4v) is 1.86. The van der Waals surface area contributed by atoms with E-state index < -0.39 is 0 Å². The summed E-state index contributed by atoms with van der Waals surface area (Å²) in [5.74, 6) is -0.170. The molecule has 0 fully saturated rings. The average Bonchev–Trinajstić information content (AvgIpc) is 2.78. The Morgan fingerprint density at radius 2 is 2.17 bits per heavy atom. The van der Waals surface area contributed by atoms with Gasteiger partial charge in [0.1, 0.15) is 18.4 Å². The van der Waals surface area contributed by atoms with Crippen molar-refractivity contribution in [1.29, 1.82) is 5.26 Å². The van der Waals surface area contributed by atoms with Crippen LogP contribution in [0.2, 0.25) is 0 Å². The van der Waals surface area contributed by atoms with Crippen LogP contribution < -0.4 is 0 Å². The van der Waals surface area contributed by atoms with Crippen LogP contribution in [0.25, 0.3) is 11.0 Å². The maximum Gasteiger partial charge on any atom is 0.258 e. The SMILES string of the molecule is CC(C)N(CC#N)C(=O)c1coc2ccccc12. The summed E-state index contributed by atoms with van der Waals surface area (Å²) in [6, 6.07) is 9.37. The van der Waals surface area contributed by atoms with Gasteiger partial charge in [-0.2, -0.15) is 5.26 Å². The number of hydrogen-bond acceptors (Lipinski definition) is 3. The normalized spacial score (nSPS) is 10.6. The van der Waals surface area contributed by atoms with Gasteiger partial charge in [-0.05, 0) is 19.9 Å². The Labute approximate surface area is 105 Å². The summed E-state index contributed by atoms with van der Waals surface area (Å²) in [5, 5.41) is 9.56. The number of rotatable bonds is 3. The molecule has 0 atom stereocenters. The van der Waals surface area contributed by atoms with Crippen molar-refractivity contribution in [2.24, 2.45) is 0 Å². The summed E-state index contributed by atoms with van der Waals surface area (Å²) in [7, 11) is 0. The second-order valence-corrected chi connectivity index (χ2v) is 4.33. The van der Waals surface area contributed by atoms with Crippen LogP contribution in [0, 0.1) is 11.3 Å². The first-order valence-electron chi connectivity index (χ1n) is 5.79. The standard InChI is InChI=1S/C14H14N2O2/c1-10(2)16(8-7-15)14(17)12-9-18-13-6-4-3-5-11(12)13/h3-6,9-10H,8H2,1-2H3.